The molecule has 1 aliphatic heterocycles. The maximum atomic E-state index is 11.2. The first-order chi connectivity index (χ1) is 10.2. The third kappa shape index (κ3) is 1.81. The van der Waals surface area contributed by atoms with Crippen LogP contribution in [-0.4, -0.2) is 11.7 Å². The first kappa shape index (κ1) is 12.5. The third-order valence-electron chi connectivity index (χ3n) is 6.69. The summed E-state index contributed by atoms with van der Waals surface area (Å²) < 4.78 is 5.60. The zero-order valence-corrected chi connectivity index (χ0v) is 12.6. The van der Waals surface area contributed by atoms with Crippen LogP contribution in [0.25, 0.3) is 0 Å². The van der Waals surface area contributed by atoms with Crippen LogP contribution in [0.15, 0.2) is 18.2 Å². The first-order valence-electron chi connectivity index (χ1n) is 8.65. The highest BCUT2D eigenvalue weighted by Gasteiger charge is 2.54. The molecule has 0 saturated heterocycles. The molecular formula is C19H24O2. The molecule has 2 nitrogen and oxygen atoms in total. The molecule has 4 aliphatic carbocycles. The largest absolute Gasteiger partial charge is 0.493 e. The van der Waals surface area contributed by atoms with Crippen molar-refractivity contribution in [3.05, 3.63) is 29.3 Å². The minimum atomic E-state index is -0.267. The Morgan fingerprint density at radius 2 is 1.71 bits per heavy atom. The Labute approximate surface area is 126 Å². The van der Waals surface area contributed by atoms with Crippen molar-refractivity contribution in [3.63, 3.8) is 0 Å². The normalized spacial score (nSPS) is 40.9. The standard InChI is InChI=1S/C19H24O2/c20-18(16-1-2-17-15(8-16)3-4-21-17)19-9-12-5-13(10-19)7-14(6-12)11-19/h1-2,8,12-14,18,20H,3-7,9-11H2. The summed E-state index contributed by atoms with van der Waals surface area (Å²) in [6.45, 7) is 0.798. The summed E-state index contributed by atoms with van der Waals surface area (Å²) in [6.07, 6.45) is 8.81. The first-order valence-corrected chi connectivity index (χ1v) is 8.65. The van der Waals surface area contributed by atoms with Gasteiger partial charge in [-0.15, -0.1) is 0 Å². The van der Waals surface area contributed by atoms with Gasteiger partial charge in [0.2, 0.25) is 0 Å². The van der Waals surface area contributed by atoms with Crippen LogP contribution in [0.4, 0.5) is 0 Å². The molecule has 4 fully saturated rings. The van der Waals surface area contributed by atoms with Crippen molar-refractivity contribution in [2.24, 2.45) is 23.2 Å². The number of hydrogen-bond acceptors (Lipinski definition) is 2. The predicted molar refractivity (Wildman–Crippen MR) is 81.2 cm³/mol. The van der Waals surface area contributed by atoms with E-state index >= 15 is 0 Å². The maximum Gasteiger partial charge on any atom is 0.122 e. The van der Waals surface area contributed by atoms with Crippen molar-refractivity contribution in [1.29, 1.82) is 0 Å². The van der Waals surface area contributed by atoms with Crippen molar-refractivity contribution in [2.45, 2.75) is 51.0 Å². The van der Waals surface area contributed by atoms with Crippen LogP contribution in [0.1, 0.15) is 55.8 Å². The molecule has 4 saturated carbocycles. The third-order valence-corrected chi connectivity index (χ3v) is 6.69. The molecule has 112 valence electrons. The monoisotopic (exact) mass is 284 g/mol. The summed E-state index contributed by atoms with van der Waals surface area (Å²) >= 11 is 0. The highest BCUT2D eigenvalue weighted by atomic mass is 16.5. The van der Waals surface area contributed by atoms with Gasteiger partial charge in [0.25, 0.3) is 0 Å². The quantitative estimate of drug-likeness (QED) is 0.893. The van der Waals surface area contributed by atoms with Gasteiger partial charge in [0.1, 0.15) is 5.75 Å². The van der Waals surface area contributed by atoms with Gasteiger partial charge < -0.3 is 9.84 Å². The summed E-state index contributed by atoms with van der Waals surface area (Å²) in [5.41, 5.74) is 2.61. The number of ether oxygens (including phenoxy) is 1. The number of hydrogen-bond donors (Lipinski definition) is 1. The van der Waals surface area contributed by atoms with Crippen LogP contribution in [0.5, 0.6) is 5.75 Å². The van der Waals surface area contributed by atoms with Gasteiger partial charge in [0, 0.05) is 11.8 Å². The average molecular weight is 284 g/mol. The van der Waals surface area contributed by atoms with Gasteiger partial charge in [0.05, 0.1) is 12.7 Å². The number of aliphatic hydroxyl groups excluding tert-OH is 1. The van der Waals surface area contributed by atoms with Gasteiger partial charge in [-0.2, -0.15) is 0 Å². The molecule has 1 atom stereocenters. The second-order valence-electron chi connectivity index (χ2n) is 8.15. The van der Waals surface area contributed by atoms with Crippen molar-refractivity contribution < 1.29 is 9.84 Å². The highest BCUT2D eigenvalue weighted by Crippen LogP contribution is 2.64. The summed E-state index contributed by atoms with van der Waals surface area (Å²) in [5, 5.41) is 11.2. The number of rotatable bonds is 2. The summed E-state index contributed by atoms with van der Waals surface area (Å²) in [6, 6.07) is 6.39. The van der Waals surface area contributed by atoms with E-state index in [1.54, 1.807) is 0 Å². The molecule has 0 spiro atoms. The minimum Gasteiger partial charge on any atom is -0.493 e. The van der Waals surface area contributed by atoms with Crippen LogP contribution in [-0.2, 0) is 6.42 Å². The zero-order chi connectivity index (χ0) is 14.0. The fourth-order valence-electron chi connectivity index (χ4n) is 6.24. The second-order valence-corrected chi connectivity index (χ2v) is 8.15. The summed E-state index contributed by atoms with van der Waals surface area (Å²) in [7, 11) is 0. The van der Waals surface area contributed by atoms with Gasteiger partial charge in [0.15, 0.2) is 0 Å². The zero-order valence-electron chi connectivity index (χ0n) is 12.6. The Morgan fingerprint density at radius 3 is 2.38 bits per heavy atom. The molecule has 1 unspecified atom stereocenters. The maximum absolute atomic E-state index is 11.2. The number of benzene rings is 1. The summed E-state index contributed by atoms with van der Waals surface area (Å²) in [4.78, 5) is 0. The van der Waals surface area contributed by atoms with Crippen LogP contribution >= 0.6 is 0 Å². The van der Waals surface area contributed by atoms with Crippen LogP contribution in [0.3, 0.4) is 0 Å². The average Bonchev–Trinajstić information content (AvgIpc) is 2.92. The predicted octanol–water partition coefficient (Wildman–Crippen LogP) is 3.87. The van der Waals surface area contributed by atoms with Gasteiger partial charge in [-0.25, -0.2) is 0 Å². The van der Waals surface area contributed by atoms with E-state index in [0.29, 0.717) is 0 Å². The lowest BCUT2D eigenvalue weighted by molar-refractivity contribution is -0.122. The van der Waals surface area contributed by atoms with Crippen LogP contribution in [0.2, 0.25) is 0 Å². The van der Waals surface area contributed by atoms with Crippen molar-refractivity contribution >= 4 is 0 Å². The summed E-state index contributed by atoms with van der Waals surface area (Å²) in [5.74, 6) is 3.70. The molecule has 1 N–H and O–H groups in total. The van der Waals surface area contributed by atoms with Gasteiger partial charge in [-0.1, -0.05) is 6.07 Å². The minimum absolute atomic E-state index is 0.183. The van der Waals surface area contributed by atoms with Crippen LogP contribution in [0, 0.1) is 23.2 Å². The van der Waals surface area contributed by atoms with Crippen molar-refractivity contribution in [2.75, 3.05) is 6.61 Å². The molecular weight excluding hydrogens is 260 g/mol. The molecule has 21 heavy (non-hydrogen) atoms. The Hall–Kier alpha value is -1.02. The smallest absolute Gasteiger partial charge is 0.122 e. The molecule has 5 aliphatic rings. The van der Waals surface area contributed by atoms with E-state index < -0.39 is 0 Å². The molecule has 4 bridgehead atoms. The topological polar surface area (TPSA) is 29.5 Å². The molecule has 1 aromatic carbocycles. The Kier molecular flexibility index (Phi) is 2.54. The molecule has 6 rings (SSSR count). The fourth-order valence-corrected chi connectivity index (χ4v) is 6.24. The lowest BCUT2D eigenvalue weighted by Crippen LogP contribution is -2.48. The van der Waals surface area contributed by atoms with E-state index in [9.17, 15) is 5.11 Å². The van der Waals surface area contributed by atoms with Crippen molar-refractivity contribution in [1.82, 2.24) is 0 Å². The Bertz CT molecular complexity index is 542. The molecule has 2 heteroatoms. The number of fused-ring (bicyclic) bond motifs is 1. The van der Waals surface area contributed by atoms with E-state index in [-0.39, 0.29) is 11.5 Å². The van der Waals surface area contributed by atoms with Gasteiger partial charge in [-0.05, 0) is 79.5 Å². The van der Waals surface area contributed by atoms with E-state index in [1.165, 1.54) is 44.1 Å². The van der Waals surface area contributed by atoms with Crippen LogP contribution < -0.4 is 4.74 Å². The molecule has 0 radical (unpaired) electrons. The molecule has 1 heterocycles. The SMILES string of the molecule is OC(c1ccc2c(c1)CCO2)C12CC3CC(CC(C3)C1)C2. The van der Waals surface area contributed by atoms with E-state index in [0.717, 1.165) is 42.1 Å². The Morgan fingerprint density at radius 1 is 1.05 bits per heavy atom. The molecule has 0 amide bonds. The van der Waals surface area contributed by atoms with Gasteiger partial charge in [-0.3, -0.25) is 0 Å². The second kappa shape index (κ2) is 4.25. The lowest BCUT2D eigenvalue weighted by Gasteiger charge is -2.58. The highest BCUT2D eigenvalue weighted by molar-refractivity contribution is 5.41. The number of aliphatic hydroxyl groups is 1. The van der Waals surface area contributed by atoms with E-state index in [2.05, 4.69) is 18.2 Å². The fraction of sp³-hybridized carbons (Fsp3) is 0.684. The van der Waals surface area contributed by atoms with E-state index in [4.69, 9.17) is 4.74 Å². The van der Waals surface area contributed by atoms with E-state index in [1.807, 2.05) is 0 Å². The molecule has 0 aromatic heterocycles. The Balaban J connectivity index is 1.49. The van der Waals surface area contributed by atoms with Crippen molar-refractivity contribution in [3.8, 4) is 5.75 Å². The van der Waals surface area contributed by atoms with Gasteiger partial charge >= 0.3 is 0 Å². The lowest BCUT2D eigenvalue weighted by atomic mass is 9.47. The molecule has 1 aromatic rings.